The molecule has 4 rings (SSSR count). The molecule has 1 fully saturated rings. The molecule has 0 amide bonds. The summed E-state index contributed by atoms with van der Waals surface area (Å²) >= 11 is 0. The quantitative estimate of drug-likeness (QED) is 0.732. The number of ether oxygens (including phenoxy) is 2. The molecule has 1 atom stereocenters. The highest BCUT2D eigenvalue weighted by molar-refractivity contribution is 5.59. The van der Waals surface area contributed by atoms with Gasteiger partial charge < -0.3 is 14.8 Å². The second-order valence-electron chi connectivity index (χ2n) is 6.11. The van der Waals surface area contributed by atoms with Crippen LogP contribution in [-0.4, -0.2) is 39.1 Å². The fourth-order valence-electron chi connectivity index (χ4n) is 2.81. The van der Waals surface area contributed by atoms with Gasteiger partial charge in [-0.25, -0.2) is 0 Å². The molecule has 2 aromatic heterocycles. The predicted molar refractivity (Wildman–Crippen MR) is 90.0 cm³/mol. The van der Waals surface area contributed by atoms with Gasteiger partial charge in [-0.3, -0.25) is 0 Å². The first-order chi connectivity index (χ1) is 13.0. The van der Waals surface area contributed by atoms with E-state index in [0.717, 1.165) is 19.4 Å². The molecule has 10 heteroatoms. The van der Waals surface area contributed by atoms with Crippen LogP contribution in [0.25, 0.3) is 5.65 Å². The van der Waals surface area contributed by atoms with Gasteiger partial charge in [0.25, 0.3) is 5.82 Å². The fourth-order valence-corrected chi connectivity index (χ4v) is 2.81. The summed E-state index contributed by atoms with van der Waals surface area (Å²) in [4.78, 5) is 0. The number of rotatable bonds is 5. The van der Waals surface area contributed by atoms with Crippen LogP contribution in [0.4, 0.5) is 24.7 Å². The van der Waals surface area contributed by atoms with E-state index >= 15 is 0 Å². The number of nitrogens with one attached hydrogen (secondary N) is 1. The molecule has 7 nitrogen and oxygen atoms in total. The lowest BCUT2D eigenvalue weighted by atomic mass is 10.2. The zero-order chi connectivity index (χ0) is 18.9. The largest absolute Gasteiger partial charge is 0.491 e. The van der Waals surface area contributed by atoms with Gasteiger partial charge in [0, 0.05) is 18.4 Å². The van der Waals surface area contributed by atoms with Gasteiger partial charge in [-0.1, -0.05) is 6.07 Å². The first-order valence-electron chi connectivity index (χ1n) is 8.40. The van der Waals surface area contributed by atoms with Crippen LogP contribution in [0.3, 0.4) is 0 Å². The Labute approximate surface area is 152 Å². The van der Waals surface area contributed by atoms with Gasteiger partial charge >= 0.3 is 6.18 Å². The van der Waals surface area contributed by atoms with Crippen LogP contribution in [0.5, 0.6) is 5.75 Å². The van der Waals surface area contributed by atoms with Gasteiger partial charge in [0.05, 0.1) is 6.10 Å². The molecular weight excluding hydrogens is 363 g/mol. The summed E-state index contributed by atoms with van der Waals surface area (Å²) in [7, 11) is 0. The maximum Gasteiger partial charge on any atom is 0.453 e. The van der Waals surface area contributed by atoms with E-state index in [0.29, 0.717) is 22.6 Å². The van der Waals surface area contributed by atoms with Crippen molar-refractivity contribution in [2.45, 2.75) is 25.1 Å². The minimum Gasteiger partial charge on any atom is -0.491 e. The third kappa shape index (κ3) is 3.95. The van der Waals surface area contributed by atoms with Gasteiger partial charge in [-0.2, -0.15) is 17.7 Å². The summed E-state index contributed by atoms with van der Waals surface area (Å²) in [5.41, 5.74) is 0.648. The third-order valence-corrected chi connectivity index (χ3v) is 4.08. The van der Waals surface area contributed by atoms with Gasteiger partial charge in [0.2, 0.25) is 0 Å². The number of fused-ring (bicyclic) bond motifs is 1. The molecule has 1 aliphatic rings. The Morgan fingerprint density at radius 2 is 2.11 bits per heavy atom. The van der Waals surface area contributed by atoms with Crippen LogP contribution >= 0.6 is 0 Å². The predicted octanol–water partition coefficient (Wildman–Crippen LogP) is 3.44. The molecule has 142 valence electrons. The van der Waals surface area contributed by atoms with Gasteiger partial charge in [0.15, 0.2) is 11.5 Å². The smallest absolute Gasteiger partial charge is 0.453 e. The van der Waals surface area contributed by atoms with Crippen molar-refractivity contribution in [1.82, 2.24) is 19.8 Å². The number of aromatic nitrogens is 4. The molecular formula is C17H16F3N5O2. The van der Waals surface area contributed by atoms with E-state index in [1.54, 1.807) is 24.3 Å². The van der Waals surface area contributed by atoms with Crippen molar-refractivity contribution >= 4 is 17.2 Å². The first-order valence-corrected chi connectivity index (χ1v) is 8.40. The Balaban J connectivity index is 1.50. The molecule has 0 spiro atoms. The lowest BCUT2D eigenvalue weighted by molar-refractivity contribution is -0.146. The second kappa shape index (κ2) is 7.03. The number of hydrogen-bond acceptors (Lipinski definition) is 6. The van der Waals surface area contributed by atoms with Crippen LogP contribution in [0, 0.1) is 0 Å². The lowest BCUT2D eigenvalue weighted by Gasteiger charge is -2.13. The summed E-state index contributed by atoms with van der Waals surface area (Å²) in [5, 5.41) is 13.5. The van der Waals surface area contributed by atoms with E-state index in [-0.39, 0.29) is 17.6 Å². The van der Waals surface area contributed by atoms with E-state index in [9.17, 15) is 13.2 Å². The first kappa shape index (κ1) is 17.5. The summed E-state index contributed by atoms with van der Waals surface area (Å²) in [6, 6.07) is 10.0. The molecule has 0 aliphatic carbocycles. The summed E-state index contributed by atoms with van der Waals surface area (Å²) in [5.74, 6) is -0.310. The van der Waals surface area contributed by atoms with Crippen molar-refractivity contribution in [3.05, 3.63) is 42.2 Å². The monoisotopic (exact) mass is 379 g/mol. The van der Waals surface area contributed by atoms with Crippen molar-refractivity contribution in [3.63, 3.8) is 0 Å². The highest BCUT2D eigenvalue weighted by Gasteiger charge is 2.37. The standard InChI is InChI=1S/C17H16F3N5O2/c18-17(19,20)16-23-22-15-7-6-14(24-25(15)16)21-11-3-1-4-12(9-11)27-10-13-5-2-8-26-13/h1,3-4,6-7,9,13H,2,5,8,10H2,(H,21,24). The molecule has 3 heterocycles. The average molecular weight is 379 g/mol. The topological polar surface area (TPSA) is 73.6 Å². The van der Waals surface area contributed by atoms with E-state index in [1.165, 1.54) is 12.1 Å². The van der Waals surface area contributed by atoms with Crippen molar-refractivity contribution in [1.29, 1.82) is 0 Å². The fraction of sp³-hybridized carbons (Fsp3) is 0.353. The summed E-state index contributed by atoms with van der Waals surface area (Å²) < 4.78 is 50.8. The molecule has 0 radical (unpaired) electrons. The van der Waals surface area contributed by atoms with Crippen LogP contribution < -0.4 is 10.1 Å². The number of halogens is 3. The van der Waals surface area contributed by atoms with Crippen LogP contribution in [0.1, 0.15) is 18.7 Å². The van der Waals surface area contributed by atoms with Crippen molar-refractivity contribution in [2.24, 2.45) is 0 Å². The minimum atomic E-state index is -4.64. The Morgan fingerprint density at radius 3 is 2.89 bits per heavy atom. The maximum absolute atomic E-state index is 13.0. The zero-order valence-corrected chi connectivity index (χ0v) is 14.1. The third-order valence-electron chi connectivity index (χ3n) is 4.08. The number of nitrogens with zero attached hydrogens (tertiary/aromatic N) is 4. The van der Waals surface area contributed by atoms with Gasteiger partial charge in [0.1, 0.15) is 12.4 Å². The molecule has 1 saturated heterocycles. The molecule has 1 unspecified atom stereocenters. The van der Waals surface area contributed by atoms with Gasteiger partial charge in [-0.15, -0.1) is 15.3 Å². The van der Waals surface area contributed by atoms with Crippen molar-refractivity contribution < 1.29 is 22.6 Å². The summed E-state index contributed by atoms with van der Waals surface area (Å²) in [6.45, 7) is 1.22. The second-order valence-corrected chi connectivity index (χ2v) is 6.11. The Morgan fingerprint density at radius 1 is 1.22 bits per heavy atom. The molecule has 0 bridgehead atoms. The van der Waals surface area contributed by atoms with Crippen molar-refractivity contribution in [3.8, 4) is 5.75 Å². The molecule has 0 saturated carbocycles. The van der Waals surface area contributed by atoms with Crippen molar-refractivity contribution in [2.75, 3.05) is 18.5 Å². The zero-order valence-electron chi connectivity index (χ0n) is 14.1. The minimum absolute atomic E-state index is 0.0153. The molecule has 3 aromatic rings. The van der Waals surface area contributed by atoms with Crippen LogP contribution in [-0.2, 0) is 10.9 Å². The number of alkyl halides is 3. The number of benzene rings is 1. The highest BCUT2D eigenvalue weighted by atomic mass is 19.4. The Hall–Kier alpha value is -2.88. The Bertz CT molecular complexity index is 938. The van der Waals surface area contributed by atoms with E-state index in [1.807, 2.05) is 0 Å². The Kier molecular flexibility index (Phi) is 4.56. The SMILES string of the molecule is FC(F)(F)c1nnc2ccc(Nc3cccc(OCC4CCCO4)c3)nn12. The highest BCUT2D eigenvalue weighted by Crippen LogP contribution is 2.28. The summed E-state index contributed by atoms with van der Waals surface area (Å²) in [6.07, 6.45) is -2.53. The molecule has 1 aromatic carbocycles. The van der Waals surface area contributed by atoms with E-state index in [4.69, 9.17) is 9.47 Å². The van der Waals surface area contributed by atoms with E-state index in [2.05, 4.69) is 20.6 Å². The molecule has 1 aliphatic heterocycles. The molecule has 1 N–H and O–H groups in total. The van der Waals surface area contributed by atoms with E-state index < -0.39 is 12.0 Å². The van der Waals surface area contributed by atoms with Crippen LogP contribution in [0.15, 0.2) is 36.4 Å². The lowest BCUT2D eigenvalue weighted by Crippen LogP contribution is -2.16. The average Bonchev–Trinajstić information content (AvgIpc) is 3.29. The molecule has 27 heavy (non-hydrogen) atoms. The maximum atomic E-state index is 13.0. The number of anilines is 2. The number of hydrogen-bond donors (Lipinski definition) is 1. The van der Waals surface area contributed by atoms with Crippen LogP contribution in [0.2, 0.25) is 0 Å². The van der Waals surface area contributed by atoms with Gasteiger partial charge in [-0.05, 0) is 37.1 Å². The normalized spacial score (nSPS) is 17.4.